The fraction of sp³-hybridized carbons (Fsp3) is 0.429. The van der Waals surface area contributed by atoms with Crippen molar-refractivity contribution in [3.8, 4) is 5.75 Å². The maximum absolute atomic E-state index is 13.2. The van der Waals surface area contributed by atoms with E-state index in [9.17, 15) is 9.59 Å². The number of aryl methyl sites for hydroxylation is 1. The number of rotatable bonds is 3. The van der Waals surface area contributed by atoms with Crippen LogP contribution in [0.4, 0.5) is 5.69 Å². The second-order valence-electron chi connectivity index (χ2n) is 7.22. The van der Waals surface area contributed by atoms with Crippen LogP contribution in [0.2, 0.25) is 0 Å². The molecule has 0 N–H and O–H groups in total. The molecule has 0 saturated carbocycles. The number of benzene rings is 1. The fourth-order valence-corrected chi connectivity index (χ4v) is 5.16. The second-order valence-corrected chi connectivity index (χ2v) is 8.18. The molecule has 142 valence electrons. The van der Waals surface area contributed by atoms with Crippen molar-refractivity contribution in [1.29, 1.82) is 0 Å². The molecule has 6 heteroatoms. The zero-order chi connectivity index (χ0) is 19.0. The van der Waals surface area contributed by atoms with Gasteiger partial charge in [-0.2, -0.15) is 0 Å². The van der Waals surface area contributed by atoms with E-state index in [0.717, 1.165) is 30.5 Å². The van der Waals surface area contributed by atoms with Gasteiger partial charge in [-0.3, -0.25) is 9.59 Å². The van der Waals surface area contributed by atoms with Crippen molar-refractivity contribution >= 4 is 28.8 Å². The molecule has 1 saturated heterocycles. The number of methoxy groups -OCH3 is 1. The van der Waals surface area contributed by atoms with Crippen molar-refractivity contribution < 1.29 is 14.3 Å². The normalized spacial score (nSPS) is 19.8. The van der Waals surface area contributed by atoms with Crippen LogP contribution in [0.5, 0.6) is 5.75 Å². The van der Waals surface area contributed by atoms with E-state index < -0.39 is 0 Å². The van der Waals surface area contributed by atoms with Gasteiger partial charge in [-0.25, -0.2) is 0 Å². The zero-order valence-corrected chi connectivity index (χ0v) is 16.6. The highest BCUT2D eigenvalue weighted by Gasteiger charge is 2.36. The molecule has 1 aromatic heterocycles. The summed E-state index contributed by atoms with van der Waals surface area (Å²) in [6.45, 7) is 2.57. The van der Waals surface area contributed by atoms with E-state index in [1.54, 1.807) is 28.2 Å². The highest BCUT2D eigenvalue weighted by molar-refractivity contribution is 7.10. The lowest BCUT2D eigenvalue weighted by Gasteiger charge is -2.39. The van der Waals surface area contributed by atoms with Crippen molar-refractivity contribution in [2.45, 2.75) is 38.6 Å². The van der Waals surface area contributed by atoms with Gasteiger partial charge >= 0.3 is 0 Å². The summed E-state index contributed by atoms with van der Waals surface area (Å²) in [6, 6.07) is 7.46. The van der Waals surface area contributed by atoms with E-state index in [-0.39, 0.29) is 24.4 Å². The molecule has 0 bridgehead atoms. The van der Waals surface area contributed by atoms with Crippen molar-refractivity contribution in [2.75, 3.05) is 25.1 Å². The van der Waals surface area contributed by atoms with Gasteiger partial charge < -0.3 is 14.5 Å². The van der Waals surface area contributed by atoms with Crippen LogP contribution in [-0.4, -0.2) is 43.0 Å². The van der Waals surface area contributed by atoms with Gasteiger partial charge in [0.15, 0.2) is 0 Å². The number of amides is 2. The number of nitrogens with zero attached hydrogens (tertiary/aromatic N) is 2. The molecule has 2 amide bonds. The Bertz CT molecular complexity index is 876. The third-order valence-electron chi connectivity index (χ3n) is 5.51. The van der Waals surface area contributed by atoms with Gasteiger partial charge in [-0.15, -0.1) is 11.3 Å². The minimum absolute atomic E-state index is 0.00470. The van der Waals surface area contributed by atoms with Crippen LogP contribution < -0.4 is 9.64 Å². The number of carbonyl (C=O) groups excluding carboxylic acids is 2. The van der Waals surface area contributed by atoms with Crippen LogP contribution in [0, 0.1) is 0 Å². The van der Waals surface area contributed by atoms with Gasteiger partial charge in [0.05, 0.1) is 18.4 Å². The Hall–Kier alpha value is -2.34. The van der Waals surface area contributed by atoms with E-state index in [2.05, 4.69) is 0 Å². The number of hydrogen-bond donors (Lipinski definition) is 0. The average molecular weight is 385 g/mol. The molecule has 1 fully saturated rings. The molecule has 2 aliphatic rings. The highest BCUT2D eigenvalue weighted by atomic mass is 32.1. The van der Waals surface area contributed by atoms with E-state index >= 15 is 0 Å². The standard InChI is InChI=1S/C21H24N2O3S/c1-14-11-23(17-8-4-5-9-18(17)26-2)20(24)12-22(14)21(25)16-13-27-19-10-6-3-7-15(16)19/h4-5,8-9,13-14H,3,6-7,10-12H2,1-2H3/t14-/m1/s1. The topological polar surface area (TPSA) is 49.9 Å². The van der Waals surface area contributed by atoms with Crippen LogP contribution in [0.15, 0.2) is 29.6 Å². The first-order valence-electron chi connectivity index (χ1n) is 9.43. The fourth-order valence-electron chi connectivity index (χ4n) is 4.04. The Morgan fingerprint density at radius 3 is 2.81 bits per heavy atom. The molecule has 1 aliphatic carbocycles. The molecule has 0 unspecified atom stereocenters. The molecule has 1 aromatic carbocycles. The Labute approximate surface area is 163 Å². The molecule has 2 aromatic rings. The van der Waals surface area contributed by atoms with Crippen molar-refractivity contribution in [1.82, 2.24) is 4.90 Å². The average Bonchev–Trinajstić information content (AvgIpc) is 3.13. The molecule has 0 spiro atoms. The summed E-state index contributed by atoms with van der Waals surface area (Å²) in [7, 11) is 1.60. The first-order chi connectivity index (χ1) is 13.1. The summed E-state index contributed by atoms with van der Waals surface area (Å²) >= 11 is 1.69. The third kappa shape index (κ3) is 3.23. The Balaban J connectivity index is 1.56. The molecule has 1 aliphatic heterocycles. The third-order valence-corrected chi connectivity index (χ3v) is 6.60. The molecular weight excluding hydrogens is 360 g/mol. The van der Waals surface area contributed by atoms with E-state index in [1.165, 1.54) is 16.9 Å². The van der Waals surface area contributed by atoms with Gasteiger partial charge in [0, 0.05) is 22.8 Å². The van der Waals surface area contributed by atoms with Crippen LogP contribution in [0.3, 0.4) is 0 Å². The summed E-state index contributed by atoms with van der Waals surface area (Å²) in [4.78, 5) is 30.9. The van der Waals surface area contributed by atoms with Gasteiger partial charge in [-0.1, -0.05) is 12.1 Å². The summed E-state index contributed by atoms with van der Waals surface area (Å²) in [5.74, 6) is 0.592. The van der Waals surface area contributed by atoms with Crippen LogP contribution in [-0.2, 0) is 17.6 Å². The van der Waals surface area contributed by atoms with E-state index in [1.807, 2.05) is 36.6 Å². The van der Waals surface area contributed by atoms with E-state index in [0.29, 0.717) is 12.3 Å². The number of fused-ring (bicyclic) bond motifs is 1. The zero-order valence-electron chi connectivity index (χ0n) is 15.7. The number of hydrogen-bond acceptors (Lipinski definition) is 4. The predicted molar refractivity (Wildman–Crippen MR) is 107 cm³/mol. The summed E-state index contributed by atoms with van der Waals surface area (Å²) in [5, 5.41) is 1.99. The van der Waals surface area contributed by atoms with Gasteiger partial charge in [0.1, 0.15) is 12.3 Å². The van der Waals surface area contributed by atoms with Crippen LogP contribution >= 0.6 is 11.3 Å². The van der Waals surface area contributed by atoms with Gasteiger partial charge in [-0.05, 0) is 50.3 Å². The lowest BCUT2D eigenvalue weighted by atomic mass is 9.95. The Morgan fingerprint density at radius 2 is 2.00 bits per heavy atom. The quantitative estimate of drug-likeness (QED) is 0.814. The van der Waals surface area contributed by atoms with Gasteiger partial charge in [0.2, 0.25) is 5.91 Å². The SMILES string of the molecule is COc1ccccc1N1C[C@@H](C)N(C(=O)c2csc3c2CCCC3)CC1=O. The highest BCUT2D eigenvalue weighted by Crippen LogP contribution is 2.33. The molecule has 2 heterocycles. The van der Waals surface area contributed by atoms with E-state index in [4.69, 9.17) is 4.74 Å². The number of ether oxygens (including phenoxy) is 1. The summed E-state index contributed by atoms with van der Waals surface area (Å²) in [6.07, 6.45) is 4.39. The van der Waals surface area contributed by atoms with Crippen molar-refractivity contribution in [3.63, 3.8) is 0 Å². The largest absolute Gasteiger partial charge is 0.495 e. The maximum Gasteiger partial charge on any atom is 0.255 e. The molecule has 1 atom stereocenters. The molecule has 0 radical (unpaired) electrons. The van der Waals surface area contributed by atoms with Crippen LogP contribution in [0.1, 0.15) is 40.6 Å². The minimum atomic E-state index is -0.0740. The lowest BCUT2D eigenvalue weighted by Crippen LogP contribution is -2.57. The van der Waals surface area contributed by atoms with Crippen molar-refractivity contribution in [2.24, 2.45) is 0 Å². The smallest absolute Gasteiger partial charge is 0.255 e. The minimum Gasteiger partial charge on any atom is -0.495 e. The number of para-hydroxylation sites is 2. The molecule has 4 rings (SSSR count). The Kier molecular flexibility index (Phi) is 4.91. The lowest BCUT2D eigenvalue weighted by molar-refractivity contribution is -0.121. The number of anilines is 1. The number of thiophene rings is 1. The monoisotopic (exact) mass is 384 g/mol. The first-order valence-corrected chi connectivity index (χ1v) is 10.3. The number of carbonyl (C=O) groups is 2. The second kappa shape index (κ2) is 7.35. The Morgan fingerprint density at radius 1 is 1.22 bits per heavy atom. The predicted octanol–water partition coefficient (Wildman–Crippen LogP) is 3.51. The van der Waals surface area contributed by atoms with Gasteiger partial charge in [0.25, 0.3) is 5.91 Å². The first kappa shape index (κ1) is 18.0. The number of piperazine rings is 1. The maximum atomic E-state index is 13.2. The summed E-state index contributed by atoms with van der Waals surface area (Å²) < 4.78 is 5.40. The molecule has 27 heavy (non-hydrogen) atoms. The molecule has 5 nitrogen and oxygen atoms in total. The van der Waals surface area contributed by atoms with Crippen molar-refractivity contribution in [3.05, 3.63) is 45.6 Å². The summed E-state index contributed by atoms with van der Waals surface area (Å²) in [5.41, 5.74) is 2.78. The molecular formula is C21H24N2O3S. The van der Waals surface area contributed by atoms with Crippen LogP contribution in [0.25, 0.3) is 0 Å².